The first kappa shape index (κ1) is 26.9. The molecule has 0 saturated heterocycles. The van der Waals surface area contributed by atoms with Gasteiger partial charge in [-0.25, -0.2) is 4.99 Å². The molecule has 0 bridgehead atoms. The van der Waals surface area contributed by atoms with Crippen LogP contribution in [0, 0.1) is 13.8 Å². The zero-order valence-electron chi connectivity index (χ0n) is 18.9. The summed E-state index contributed by atoms with van der Waals surface area (Å²) in [4.78, 5) is 22.7. The van der Waals surface area contributed by atoms with Crippen LogP contribution in [0.25, 0.3) is 0 Å². The third-order valence-corrected chi connectivity index (χ3v) is 4.79. The molecule has 0 aliphatic carbocycles. The molecule has 1 atom stereocenters. The first-order chi connectivity index (χ1) is 14.2. The van der Waals surface area contributed by atoms with Crippen LogP contribution in [-0.4, -0.2) is 60.1 Å². The summed E-state index contributed by atoms with van der Waals surface area (Å²) in [5.74, 6) is 1.83. The topological polar surface area (TPSA) is 103 Å². The first-order valence-corrected chi connectivity index (χ1v) is 10.2. The van der Waals surface area contributed by atoms with E-state index in [-0.39, 0.29) is 43.0 Å². The summed E-state index contributed by atoms with van der Waals surface area (Å²) < 4.78 is 5.53. The summed E-state index contributed by atoms with van der Waals surface area (Å²) in [7, 11) is 1.76. The zero-order chi connectivity index (χ0) is 22.1. The number of furan rings is 1. The molecule has 0 aliphatic heterocycles. The highest BCUT2D eigenvalue weighted by Crippen LogP contribution is 2.26. The van der Waals surface area contributed by atoms with Crippen molar-refractivity contribution in [2.24, 2.45) is 4.99 Å². The van der Waals surface area contributed by atoms with Crippen molar-refractivity contribution in [2.75, 3.05) is 33.2 Å². The zero-order valence-corrected chi connectivity index (χ0v) is 21.3. The Bertz CT molecular complexity index is 852. The number of rotatable bonds is 9. The van der Waals surface area contributed by atoms with E-state index in [4.69, 9.17) is 4.42 Å². The SMILES string of the molecule is CCNC(=NCC(=O)N(C)CCc1ccccn1)NCC(C)(O)c1cc(C)oc1C.I. The summed E-state index contributed by atoms with van der Waals surface area (Å²) in [6, 6.07) is 7.58. The lowest BCUT2D eigenvalue weighted by atomic mass is 9.96. The van der Waals surface area contributed by atoms with Gasteiger partial charge >= 0.3 is 0 Å². The summed E-state index contributed by atoms with van der Waals surface area (Å²) >= 11 is 0. The average molecular weight is 543 g/mol. The van der Waals surface area contributed by atoms with Gasteiger partial charge in [0.2, 0.25) is 5.91 Å². The fraction of sp³-hybridized carbons (Fsp3) is 0.500. The minimum atomic E-state index is -1.14. The van der Waals surface area contributed by atoms with Gasteiger partial charge in [-0.15, -0.1) is 24.0 Å². The van der Waals surface area contributed by atoms with Gasteiger partial charge in [-0.3, -0.25) is 9.78 Å². The number of carbonyl (C=O) groups is 1. The molecule has 0 aliphatic rings. The molecule has 1 unspecified atom stereocenters. The van der Waals surface area contributed by atoms with E-state index < -0.39 is 5.60 Å². The number of hydrogen-bond acceptors (Lipinski definition) is 5. The van der Waals surface area contributed by atoms with Crippen molar-refractivity contribution in [1.82, 2.24) is 20.5 Å². The van der Waals surface area contributed by atoms with Crippen molar-refractivity contribution < 1.29 is 14.3 Å². The third kappa shape index (κ3) is 8.48. The van der Waals surface area contributed by atoms with Crippen LogP contribution < -0.4 is 10.6 Å². The number of halogens is 1. The first-order valence-electron chi connectivity index (χ1n) is 10.2. The van der Waals surface area contributed by atoms with Crippen LogP contribution in [0.2, 0.25) is 0 Å². The van der Waals surface area contributed by atoms with Gasteiger partial charge in [0.1, 0.15) is 23.7 Å². The Hall–Kier alpha value is -2.14. The van der Waals surface area contributed by atoms with Crippen molar-refractivity contribution in [3.8, 4) is 0 Å². The molecule has 2 heterocycles. The lowest BCUT2D eigenvalue weighted by Gasteiger charge is -2.24. The highest BCUT2D eigenvalue weighted by molar-refractivity contribution is 14.0. The molecule has 0 radical (unpaired) electrons. The summed E-state index contributed by atoms with van der Waals surface area (Å²) in [6.45, 7) is 8.79. The maximum absolute atomic E-state index is 12.4. The van der Waals surface area contributed by atoms with Crippen LogP contribution >= 0.6 is 24.0 Å². The molecule has 2 rings (SSSR count). The van der Waals surface area contributed by atoms with Crippen LogP contribution in [-0.2, 0) is 16.8 Å². The van der Waals surface area contributed by atoms with Crippen LogP contribution in [0.3, 0.4) is 0 Å². The van der Waals surface area contributed by atoms with E-state index in [0.717, 1.165) is 17.0 Å². The Balaban J connectivity index is 0.00000480. The second-order valence-corrected chi connectivity index (χ2v) is 7.54. The summed E-state index contributed by atoms with van der Waals surface area (Å²) in [6.07, 6.45) is 2.44. The molecule has 0 aromatic carbocycles. The minimum absolute atomic E-state index is 0. The molecule has 9 heteroatoms. The van der Waals surface area contributed by atoms with E-state index in [1.54, 1.807) is 25.1 Å². The third-order valence-electron chi connectivity index (χ3n) is 4.79. The van der Waals surface area contributed by atoms with E-state index in [1.807, 2.05) is 45.0 Å². The fourth-order valence-corrected chi connectivity index (χ4v) is 3.08. The van der Waals surface area contributed by atoms with E-state index in [9.17, 15) is 9.90 Å². The number of nitrogens with one attached hydrogen (secondary N) is 2. The Labute approximate surface area is 201 Å². The lowest BCUT2D eigenvalue weighted by Crippen LogP contribution is -2.45. The molecule has 0 fully saturated rings. The normalized spacial score (nSPS) is 13.2. The summed E-state index contributed by atoms with van der Waals surface area (Å²) in [5.41, 5.74) is 0.540. The van der Waals surface area contributed by atoms with Gasteiger partial charge in [0.15, 0.2) is 5.96 Å². The van der Waals surface area contributed by atoms with Crippen molar-refractivity contribution in [1.29, 1.82) is 0 Å². The average Bonchev–Trinajstić information content (AvgIpc) is 3.07. The van der Waals surface area contributed by atoms with Gasteiger partial charge in [-0.1, -0.05) is 6.07 Å². The number of pyridine rings is 1. The number of carbonyl (C=O) groups excluding carboxylic acids is 1. The Morgan fingerprint density at radius 3 is 2.65 bits per heavy atom. The van der Waals surface area contributed by atoms with Crippen molar-refractivity contribution in [2.45, 2.75) is 39.7 Å². The van der Waals surface area contributed by atoms with E-state index in [0.29, 0.717) is 31.2 Å². The molecular weight excluding hydrogens is 509 g/mol. The summed E-state index contributed by atoms with van der Waals surface area (Å²) in [5, 5.41) is 17.1. The number of aliphatic imine (C=N–C) groups is 1. The molecule has 8 nitrogen and oxygen atoms in total. The molecule has 0 saturated carbocycles. The lowest BCUT2D eigenvalue weighted by molar-refractivity contribution is -0.128. The number of amides is 1. The van der Waals surface area contributed by atoms with Gasteiger partial charge in [-0.2, -0.15) is 0 Å². The molecule has 31 heavy (non-hydrogen) atoms. The number of hydrogen-bond donors (Lipinski definition) is 3. The molecule has 172 valence electrons. The van der Waals surface area contributed by atoms with Gasteiger partial charge in [0, 0.05) is 44.0 Å². The van der Waals surface area contributed by atoms with Crippen molar-refractivity contribution in [3.05, 3.63) is 53.2 Å². The highest BCUT2D eigenvalue weighted by Gasteiger charge is 2.28. The fourth-order valence-electron chi connectivity index (χ4n) is 3.08. The number of aryl methyl sites for hydroxylation is 2. The molecule has 2 aromatic heterocycles. The Morgan fingerprint density at radius 2 is 2.06 bits per heavy atom. The largest absolute Gasteiger partial charge is 0.466 e. The maximum Gasteiger partial charge on any atom is 0.244 e. The van der Waals surface area contributed by atoms with E-state index in [1.165, 1.54) is 0 Å². The number of likely N-dealkylation sites (N-methyl/N-ethyl adjacent to an activating group) is 1. The molecular formula is C22H34IN5O3. The number of nitrogens with zero attached hydrogens (tertiary/aromatic N) is 3. The van der Waals surface area contributed by atoms with Gasteiger partial charge < -0.3 is 25.1 Å². The minimum Gasteiger partial charge on any atom is -0.466 e. The van der Waals surface area contributed by atoms with Crippen molar-refractivity contribution in [3.63, 3.8) is 0 Å². The van der Waals surface area contributed by atoms with Crippen LogP contribution in [0.4, 0.5) is 0 Å². The van der Waals surface area contributed by atoms with Crippen LogP contribution in [0.1, 0.15) is 36.6 Å². The number of aliphatic hydroxyl groups is 1. The monoisotopic (exact) mass is 543 g/mol. The van der Waals surface area contributed by atoms with Crippen LogP contribution in [0.15, 0.2) is 39.9 Å². The van der Waals surface area contributed by atoms with Gasteiger partial charge in [0.05, 0.1) is 6.54 Å². The number of guanidine groups is 1. The molecule has 0 spiro atoms. The Kier molecular flexibility index (Phi) is 11.0. The predicted molar refractivity (Wildman–Crippen MR) is 133 cm³/mol. The standard InChI is InChI=1S/C22H33N5O3.HI/c1-6-23-21(26-15-22(4,29)19-13-16(2)30-17(19)3)25-14-20(28)27(5)12-10-18-9-7-8-11-24-18;/h7-9,11,13,29H,6,10,12,14-15H2,1-5H3,(H2,23,25,26);1H. The highest BCUT2D eigenvalue weighted by atomic mass is 127. The predicted octanol–water partition coefficient (Wildman–Crippen LogP) is 2.37. The van der Waals surface area contributed by atoms with Crippen molar-refractivity contribution >= 4 is 35.8 Å². The van der Waals surface area contributed by atoms with E-state index in [2.05, 4.69) is 20.6 Å². The molecule has 2 aromatic rings. The second kappa shape index (κ2) is 12.7. The van der Waals surface area contributed by atoms with E-state index >= 15 is 0 Å². The smallest absolute Gasteiger partial charge is 0.244 e. The molecule has 3 N–H and O–H groups in total. The second-order valence-electron chi connectivity index (χ2n) is 7.54. The molecule has 1 amide bonds. The van der Waals surface area contributed by atoms with Crippen LogP contribution in [0.5, 0.6) is 0 Å². The maximum atomic E-state index is 12.4. The van der Waals surface area contributed by atoms with Gasteiger partial charge in [0.25, 0.3) is 0 Å². The number of aromatic nitrogens is 1. The quantitative estimate of drug-likeness (QED) is 0.255. The Morgan fingerprint density at radius 1 is 1.32 bits per heavy atom. The van der Waals surface area contributed by atoms with Gasteiger partial charge in [-0.05, 0) is 45.9 Å².